The molecule has 100 valence electrons. The van der Waals surface area contributed by atoms with E-state index in [1.807, 2.05) is 31.7 Å². The molecule has 0 bridgehead atoms. The van der Waals surface area contributed by atoms with Gasteiger partial charge < -0.3 is 16.0 Å². The number of hydrogen-bond acceptors (Lipinski definition) is 4. The fourth-order valence-electron chi connectivity index (χ4n) is 1.86. The molecule has 0 aliphatic carbocycles. The number of nitrogens with one attached hydrogen (secondary N) is 1. The first-order valence-electron chi connectivity index (χ1n) is 6.30. The van der Waals surface area contributed by atoms with Gasteiger partial charge in [-0.05, 0) is 32.4 Å². The lowest BCUT2D eigenvalue weighted by Crippen LogP contribution is -2.38. The van der Waals surface area contributed by atoms with Crippen molar-refractivity contribution >= 4 is 11.7 Å². The van der Waals surface area contributed by atoms with E-state index >= 15 is 0 Å². The van der Waals surface area contributed by atoms with Gasteiger partial charge in [0.15, 0.2) is 0 Å². The highest BCUT2D eigenvalue weighted by atomic mass is 16.2. The zero-order valence-electron chi connectivity index (χ0n) is 11.4. The van der Waals surface area contributed by atoms with Crippen LogP contribution in [0.4, 0.5) is 5.82 Å². The van der Waals surface area contributed by atoms with Crippen LogP contribution in [0.2, 0.25) is 0 Å². The Labute approximate surface area is 108 Å². The molecule has 0 radical (unpaired) electrons. The van der Waals surface area contributed by atoms with E-state index in [1.165, 1.54) is 0 Å². The lowest BCUT2D eigenvalue weighted by molar-refractivity contribution is -0.119. The summed E-state index contributed by atoms with van der Waals surface area (Å²) in [4.78, 5) is 18.0. The number of carbonyl (C=O) groups is 1. The molecule has 0 saturated carbocycles. The number of nitrogens with two attached hydrogens (primary N) is 1. The molecule has 0 spiro atoms. The summed E-state index contributed by atoms with van der Waals surface area (Å²) in [5, 5.41) is 2.79. The molecule has 0 aliphatic heterocycles. The maximum absolute atomic E-state index is 11.7. The molecule has 1 aromatic rings. The second kappa shape index (κ2) is 6.96. The Bertz CT molecular complexity index is 406. The van der Waals surface area contributed by atoms with Crippen LogP contribution in [0.1, 0.15) is 25.0 Å². The fraction of sp³-hybridized carbons (Fsp3) is 0.538. The number of rotatable bonds is 6. The number of nitrogens with zero attached hydrogens (tertiary/aromatic N) is 2. The second-order valence-corrected chi connectivity index (χ2v) is 4.10. The molecule has 5 heteroatoms. The van der Waals surface area contributed by atoms with E-state index in [9.17, 15) is 4.79 Å². The van der Waals surface area contributed by atoms with Crippen LogP contribution in [-0.2, 0) is 11.3 Å². The maximum atomic E-state index is 11.7. The molecule has 1 amide bonds. The molecule has 3 N–H and O–H groups in total. The minimum Gasteiger partial charge on any atom is -0.355 e. The van der Waals surface area contributed by atoms with Crippen molar-refractivity contribution in [2.75, 3.05) is 24.5 Å². The summed E-state index contributed by atoms with van der Waals surface area (Å²) in [5.41, 5.74) is 7.88. The molecule has 0 saturated heterocycles. The molecule has 1 rings (SSSR count). The van der Waals surface area contributed by atoms with Gasteiger partial charge in [-0.25, -0.2) is 4.98 Å². The summed E-state index contributed by atoms with van der Waals surface area (Å²) in [5.74, 6) is 0.817. The normalized spacial score (nSPS) is 10.2. The van der Waals surface area contributed by atoms with Crippen molar-refractivity contribution in [1.29, 1.82) is 0 Å². The van der Waals surface area contributed by atoms with Crippen molar-refractivity contribution in [1.82, 2.24) is 10.3 Å². The minimum atomic E-state index is 0.00521. The van der Waals surface area contributed by atoms with E-state index in [-0.39, 0.29) is 5.91 Å². The highest BCUT2D eigenvalue weighted by Gasteiger charge is 2.15. The summed E-state index contributed by atoms with van der Waals surface area (Å²) in [6, 6.07) is 1.94. The van der Waals surface area contributed by atoms with Crippen LogP contribution < -0.4 is 16.0 Å². The number of likely N-dealkylation sites (N-methyl/N-ethyl adjacent to an activating group) is 2. The molecule has 0 unspecified atom stereocenters. The van der Waals surface area contributed by atoms with Crippen molar-refractivity contribution in [2.45, 2.75) is 27.3 Å². The van der Waals surface area contributed by atoms with Gasteiger partial charge >= 0.3 is 0 Å². The van der Waals surface area contributed by atoms with Crippen LogP contribution in [0, 0.1) is 6.92 Å². The zero-order chi connectivity index (χ0) is 13.5. The van der Waals surface area contributed by atoms with Crippen molar-refractivity contribution in [2.24, 2.45) is 5.73 Å². The first-order valence-corrected chi connectivity index (χ1v) is 6.30. The van der Waals surface area contributed by atoms with Crippen LogP contribution in [0.3, 0.4) is 0 Å². The number of aryl methyl sites for hydroxylation is 1. The van der Waals surface area contributed by atoms with Gasteiger partial charge in [0, 0.05) is 31.4 Å². The maximum Gasteiger partial charge on any atom is 0.239 e. The number of aromatic nitrogens is 1. The predicted molar refractivity (Wildman–Crippen MR) is 73.4 cm³/mol. The van der Waals surface area contributed by atoms with Gasteiger partial charge in [-0.1, -0.05) is 0 Å². The van der Waals surface area contributed by atoms with E-state index < -0.39 is 0 Å². The molecule has 18 heavy (non-hydrogen) atoms. The summed E-state index contributed by atoms with van der Waals surface area (Å²) >= 11 is 0. The van der Waals surface area contributed by atoms with Crippen LogP contribution in [0.15, 0.2) is 12.3 Å². The van der Waals surface area contributed by atoms with Crippen molar-refractivity contribution in [3.05, 3.63) is 23.4 Å². The molecule has 0 aliphatic rings. The molecule has 0 aromatic carbocycles. The van der Waals surface area contributed by atoms with E-state index in [0.29, 0.717) is 19.6 Å². The monoisotopic (exact) mass is 250 g/mol. The van der Waals surface area contributed by atoms with Gasteiger partial charge in [0.05, 0.1) is 6.54 Å². The van der Waals surface area contributed by atoms with Gasteiger partial charge in [-0.15, -0.1) is 0 Å². The third kappa shape index (κ3) is 3.43. The fourth-order valence-corrected chi connectivity index (χ4v) is 1.86. The topological polar surface area (TPSA) is 71.2 Å². The van der Waals surface area contributed by atoms with Crippen LogP contribution >= 0.6 is 0 Å². The number of anilines is 1. The van der Waals surface area contributed by atoms with Crippen LogP contribution in [0.25, 0.3) is 0 Å². The van der Waals surface area contributed by atoms with Crippen molar-refractivity contribution in [3.63, 3.8) is 0 Å². The molecular weight excluding hydrogens is 228 g/mol. The quantitative estimate of drug-likeness (QED) is 0.784. The Morgan fingerprint density at radius 2 is 2.22 bits per heavy atom. The summed E-state index contributed by atoms with van der Waals surface area (Å²) < 4.78 is 0. The average Bonchev–Trinajstić information content (AvgIpc) is 2.36. The smallest absolute Gasteiger partial charge is 0.239 e. The number of carbonyl (C=O) groups excluding carboxylic acids is 1. The van der Waals surface area contributed by atoms with Crippen molar-refractivity contribution < 1.29 is 4.79 Å². The Morgan fingerprint density at radius 1 is 1.50 bits per heavy atom. The van der Waals surface area contributed by atoms with Gasteiger partial charge in [-0.3, -0.25) is 4.79 Å². The zero-order valence-corrected chi connectivity index (χ0v) is 11.4. The predicted octanol–water partition coefficient (Wildman–Crippen LogP) is 0.811. The molecule has 5 nitrogen and oxygen atoms in total. The number of pyridine rings is 1. The lowest BCUT2D eigenvalue weighted by Gasteiger charge is -2.24. The SMILES string of the molecule is CCNC(=O)CN(CC)c1nccc(C)c1CN. The Kier molecular flexibility index (Phi) is 5.58. The molecule has 0 fully saturated rings. The first-order chi connectivity index (χ1) is 8.63. The third-order valence-electron chi connectivity index (χ3n) is 2.86. The van der Waals surface area contributed by atoms with Crippen LogP contribution in [0.5, 0.6) is 0 Å². The first kappa shape index (κ1) is 14.4. The van der Waals surface area contributed by atoms with E-state index in [1.54, 1.807) is 6.20 Å². The molecule has 1 aromatic heterocycles. The summed E-state index contributed by atoms with van der Waals surface area (Å²) in [7, 11) is 0. The Balaban J connectivity index is 2.94. The van der Waals surface area contributed by atoms with E-state index in [2.05, 4.69) is 10.3 Å². The van der Waals surface area contributed by atoms with Gasteiger partial charge in [-0.2, -0.15) is 0 Å². The van der Waals surface area contributed by atoms with Gasteiger partial charge in [0.25, 0.3) is 0 Å². The van der Waals surface area contributed by atoms with Crippen molar-refractivity contribution in [3.8, 4) is 0 Å². The molecule has 0 atom stereocenters. The Morgan fingerprint density at radius 3 is 2.78 bits per heavy atom. The highest BCUT2D eigenvalue weighted by Crippen LogP contribution is 2.19. The van der Waals surface area contributed by atoms with Gasteiger partial charge in [0.1, 0.15) is 5.82 Å². The number of hydrogen-bond donors (Lipinski definition) is 2. The van der Waals surface area contributed by atoms with E-state index in [4.69, 9.17) is 5.73 Å². The Hall–Kier alpha value is -1.62. The lowest BCUT2D eigenvalue weighted by atomic mass is 10.1. The number of amides is 1. The minimum absolute atomic E-state index is 0.00521. The van der Waals surface area contributed by atoms with Crippen LogP contribution in [-0.4, -0.2) is 30.5 Å². The van der Waals surface area contributed by atoms with E-state index in [0.717, 1.165) is 23.5 Å². The van der Waals surface area contributed by atoms with Gasteiger partial charge in [0.2, 0.25) is 5.91 Å². The molecular formula is C13H22N4O. The molecule has 1 heterocycles. The average molecular weight is 250 g/mol. The second-order valence-electron chi connectivity index (χ2n) is 4.10. The third-order valence-corrected chi connectivity index (χ3v) is 2.86. The largest absolute Gasteiger partial charge is 0.355 e. The summed E-state index contributed by atoms with van der Waals surface area (Å²) in [6.45, 7) is 8.03. The highest BCUT2D eigenvalue weighted by molar-refractivity contribution is 5.81. The summed E-state index contributed by atoms with van der Waals surface area (Å²) in [6.07, 6.45) is 1.75. The standard InChI is InChI=1S/C13H22N4O/c1-4-15-12(18)9-17(5-2)13-11(8-14)10(3)6-7-16-13/h6-7H,4-5,8-9,14H2,1-3H3,(H,15,18).